The molecule has 0 aliphatic heterocycles. The Hall–Kier alpha value is -5.11. The number of fused-ring (bicyclic) bond motifs is 1. The topological polar surface area (TPSA) is 168 Å². The number of nitrogens with zero attached hydrogens (tertiary/aromatic N) is 6. The average molecular weight is 572 g/mol. The average Bonchev–Trinajstić information content (AvgIpc) is 2.98. The number of aliphatic hydroxyl groups is 3. The molecule has 0 saturated heterocycles. The van der Waals surface area contributed by atoms with Crippen LogP contribution in [0, 0.1) is 5.82 Å². The molecule has 3 heterocycles. The molecule has 13 heteroatoms. The Balaban J connectivity index is 1.60. The molecular formula is C29H26FN7O5. The van der Waals surface area contributed by atoms with Gasteiger partial charge in [-0.1, -0.05) is 24.3 Å². The molecular weight excluding hydrogens is 545 g/mol. The summed E-state index contributed by atoms with van der Waals surface area (Å²) in [5.41, 5.74) is 1.37. The summed E-state index contributed by atoms with van der Waals surface area (Å²) in [5.74, 6) is -0.524. The van der Waals surface area contributed by atoms with Gasteiger partial charge in [0.15, 0.2) is 0 Å². The SMILES string of the molecule is C=C(C)c1cc(F)c2c(=O)n(-c3cccc(-c4cc(Nc5cnc([C@H](O)CO)cn5)c(=O)n(C)n4)c3CO)ncc2c1. The summed E-state index contributed by atoms with van der Waals surface area (Å²) < 4.78 is 17.2. The first-order valence-electron chi connectivity index (χ1n) is 12.7. The second-order valence-electron chi connectivity index (χ2n) is 9.55. The standard InChI is InChI=1S/C29H26FN7O5/c1-15(2)16-7-17-10-33-37(29(42)27(17)20(30)8-16)24-6-4-5-18(19(24)13-38)21-9-22(28(41)36(3)35-21)34-26-12-31-23(11-32-26)25(40)14-39/h4-12,25,38-40H,1,13-14H2,2-3H3,(H,32,34)/t25-/m1/s1. The maximum atomic E-state index is 15.1. The number of hydrogen-bond donors (Lipinski definition) is 4. The number of allylic oxidation sites excluding steroid dienone is 1. The van der Waals surface area contributed by atoms with E-state index in [0.29, 0.717) is 22.1 Å². The van der Waals surface area contributed by atoms with Gasteiger partial charge in [0.2, 0.25) is 0 Å². The molecule has 0 amide bonds. The summed E-state index contributed by atoms with van der Waals surface area (Å²) in [4.78, 5) is 34.5. The summed E-state index contributed by atoms with van der Waals surface area (Å²) in [6.45, 7) is 4.51. The molecule has 1 atom stereocenters. The van der Waals surface area contributed by atoms with Crippen molar-refractivity contribution in [3.05, 3.63) is 105 Å². The number of rotatable bonds is 8. The van der Waals surface area contributed by atoms with Gasteiger partial charge >= 0.3 is 0 Å². The van der Waals surface area contributed by atoms with E-state index in [4.69, 9.17) is 5.11 Å². The van der Waals surface area contributed by atoms with Gasteiger partial charge in [-0.15, -0.1) is 0 Å². The van der Waals surface area contributed by atoms with Crippen molar-refractivity contribution in [3.8, 4) is 16.9 Å². The highest BCUT2D eigenvalue weighted by Crippen LogP contribution is 2.29. The monoisotopic (exact) mass is 571 g/mol. The van der Waals surface area contributed by atoms with Crippen LogP contribution in [-0.2, 0) is 13.7 Å². The molecule has 5 rings (SSSR count). The summed E-state index contributed by atoms with van der Waals surface area (Å²) in [6, 6.07) is 9.18. The van der Waals surface area contributed by atoms with E-state index < -0.39 is 36.3 Å². The van der Waals surface area contributed by atoms with Crippen LogP contribution in [0.2, 0.25) is 0 Å². The van der Waals surface area contributed by atoms with E-state index in [1.54, 1.807) is 31.2 Å². The van der Waals surface area contributed by atoms with Gasteiger partial charge in [0, 0.05) is 23.6 Å². The number of halogens is 1. The summed E-state index contributed by atoms with van der Waals surface area (Å²) >= 11 is 0. The van der Waals surface area contributed by atoms with E-state index >= 15 is 4.39 Å². The Morgan fingerprint density at radius 3 is 2.55 bits per heavy atom. The Labute approximate surface area is 237 Å². The van der Waals surface area contributed by atoms with Gasteiger partial charge in [0.25, 0.3) is 11.1 Å². The van der Waals surface area contributed by atoms with E-state index in [-0.39, 0.29) is 39.5 Å². The minimum absolute atomic E-state index is 0.0814. The lowest BCUT2D eigenvalue weighted by Crippen LogP contribution is -2.24. The van der Waals surface area contributed by atoms with Crippen molar-refractivity contribution in [2.75, 3.05) is 11.9 Å². The molecule has 0 radical (unpaired) electrons. The fourth-order valence-corrected chi connectivity index (χ4v) is 4.47. The number of hydrogen-bond acceptors (Lipinski definition) is 10. The van der Waals surface area contributed by atoms with Gasteiger partial charge in [-0.05, 0) is 36.8 Å². The number of aliphatic hydroxyl groups excluding tert-OH is 3. The zero-order valence-electron chi connectivity index (χ0n) is 22.6. The molecule has 12 nitrogen and oxygen atoms in total. The third-order valence-corrected chi connectivity index (χ3v) is 6.66. The lowest BCUT2D eigenvalue weighted by Gasteiger charge is -2.16. The molecule has 0 aliphatic carbocycles. The first kappa shape index (κ1) is 28.4. The normalized spacial score (nSPS) is 12.0. The smallest absolute Gasteiger partial charge is 0.290 e. The third kappa shape index (κ3) is 5.19. The highest BCUT2D eigenvalue weighted by Gasteiger charge is 2.19. The lowest BCUT2D eigenvalue weighted by atomic mass is 10.0. The van der Waals surface area contributed by atoms with Crippen molar-refractivity contribution in [2.45, 2.75) is 19.6 Å². The largest absolute Gasteiger partial charge is 0.393 e. The summed E-state index contributed by atoms with van der Waals surface area (Å²) in [6.07, 6.45) is 2.74. The zero-order valence-corrected chi connectivity index (χ0v) is 22.6. The molecule has 0 aliphatic rings. The van der Waals surface area contributed by atoms with Crippen molar-refractivity contribution in [1.29, 1.82) is 0 Å². The van der Waals surface area contributed by atoms with Gasteiger partial charge in [-0.2, -0.15) is 14.9 Å². The van der Waals surface area contributed by atoms with Crippen LogP contribution >= 0.6 is 0 Å². The van der Waals surface area contributed by atoms with Gasteiger partial charge in [-0.3, -0.25) is 14.6 Å². The van der Waals surface area contributed by atoms with Crippen LogP contribution in [0.4, 0.5) is 15.9 Å². The maximum Gasteiger partial charge on any atom is 0.290 e. The van der Waals surface area contributed by atoms with Crippen molar-refractivity contribution in [1.82, 2.24) is 29.5 Å². The van der Waals surface area contributed by atoms with Crippen LogP contribution in [0.1, 0.15) is 29.8 Å². The zero-order chi connectivity index (χ0) is 30.1. The first-order valence-corrected chi connectivity index (χ1v) is 12.7. The fourth-order valence-electron chi connectivity index (χ4n) is 4.47. The quantitative estimate of drug-likeness (QED) is 0.217. The predicted octanol–water partition coefficient (Wildman–Crippen LogP) is 2.37. The van der Waals surface area contributed by atoms with Crippen molar-refractivity contribution >= 4 is 27.9 Å². The number of aromatic nitrogens is 6. The van der Waals surface area contributed by atoms with Crippen molar-refractivity contribution in [3.63, 3.8) is 0 Å². The highest BCUT2D eigenvalue weighted by molar-refractivity contribution is 5.85. The molecule has 0 fully saturated rings. The van der Waals surface area contributed by atoms with Crippen LogP contribution < -0.4 is 16.4 Å². The van der Waals surface area contributed by atoms with Crippen LogP contribution in [0.15, 0.2) is 71.2 Å². The molecule has 0 saturated carbocycles. The third-order valence-electron chi connectivity index (χ3n) is 6.66. The molecule has 0 spiro atoms. The van der Waals surface area contributed by atoms with E-state index in [1.807, 2.05) is 0 Å². The van der Waals surface area contributed by atoms with Gasteiger partial charge in [-0.25, -0.2) is 14.1 Å². The number of nitrogens with one attached hydrogen (secondary N) is 1. The molecule has 5 aromatic rings. The second kappa shape index (κ2) is 11.4. The number of benzene rings is 2. The summed E-state index contributed by atoms with van der Waals surface area (Å²) in [7, 11) is 1.45. The van der Waals surface area contributed by atoms with Gasteiger partial charge in [0.05, 0.1) is 54.3 Å². The Morgan fingerprint density at radius 2 is 1.88 bits per heavy atom. The molecule has 0 unspecified atom stereocenters. The van der Waals surface area contributed by atoms with Gasteiger partial charge in [0.1, 0.15) is 23.4 Å². The van der Waals surface area contributed by atoms with Crippen LogP contribution in [-0.4, -0.2) is 51.5 Å². The van der Waals surface area contributed by atoms with E-state index in [2.05, 4.69) is 32.1 Å². The molecule has 42 heavy (non-hydrogen) atoms. The fraction of sp³-hybridized carbons (Fsp3) is 0.172. The number of anilines is 2. The highest BCUT2D eigenvalue weighted by atomic mass is 19.1. The number of aryl methyl sites for hydroxylation is 1. The van der Waals surface area contributed by atoms with Crippen molar-refractivity contribution in [2.24, 2.45) is 7.05 Å². The lowest BCUT2D eigenvalue weighted by molar-refractivity contribution is 0.0920. The van der Waals surface area contributed by atoms with Crippen molar-refractivity contribution < 1.29 is 19.7 Å². The second-order valence-corrected chi connectivity index (χ2v) is 9.55. The van der Waals surface area contributed by atoms with E-state index in [9.17, 15) is 19.8 Å². The first-order chi connectivity index (χ1) is 20.1. The minimum atomic E-state index is -1.19. The Bertz CT molecular complexity index is 1950. The minimum Gasteiger partial charge on any atom is -0.393 e. The Kier molecular flexibility index (Phi) is 7.72. The maximum absolute atomic E-state index is 15.1. The van der Waals surface area contributed by atoms with Crippen LogP contribution in [0.3, 0.4) is 0 Å². The molecule has 214 valence electrons. The molecule has 4 N–H and O–H groups in total. The molecule has 3 aromatic heterocycles. The summed E-state index contributed by atoms with van der Waals surface area (Å²) in [5, 5.41) is 40.8. The predicted molar refractivity (Wildman–Crippen MR) is 154 cm³/mol. The van der Waals surface area contributed by atoms with Crippen LogP contribution in [0.25, 0.3) is 33.3 Å². The van der Waals surface area contributed by atoms with E-state index in [1.165, 1.54) is 37.8 Å². The molecule has 2 aromatic carbocycles. The van der Waals surface area contributed by atoms with E-state index in [0.717, 1.165) is 9.36 Å². The van der Waals surface area contributed by atoms with Crippen LogP contribution in [0.5, 0.6) is 0 Å². The Morgan fingerprint density at radius 1 is 1.10 bits per heavy atom. The van der Waals surface area contributed by atoms with Gasteiger partial charge < -0.3 is 20.6 Å². The molecule has 0 bridgehead atoms.